The fourth-order valence-corrected chi connectivity index (χ4v) is 2.18. The number of thiophene rings is 1. The van der Waals surface area contributed by atoms with Crippen LogP contribution < -0.4 is 11.5 Å². The van der Waals surface area contributed by atoms with E-state index in [9.17, 15) is 4.79 Å². The van der Waals surface area contributed by atoms with E-state index in [4.69, 9.17) is 16.7 Å². The highest BCUT2D eigenvalue weighted by molar-refractivity contribution is 7.18. The molecule has 0 fully saturated rings. The fraction of sp³-hybridized carbons (Fsp3) is 0.0833. The van der Waals surface area contributed by atoms with Gasteiger partial charge in [0, 0.05) is 6.21 Å². The van der Waals surface area contributed by atoms with Gasteiger partial charge in [-0.3, -0.25) is 9.79 Å². The summed E-state index contributed by atoms with van der Waals surface area (Å²) in [5, 5.41) is 9.10. The molecule has 5 nitrogen and oxygen atoms in total. The van der Waals surface area contributed by atoms with E-state index < -0.39 is 0 Å². The van der Waals surface area contributed by atoms with Crippen molar-refractivity contribution < 1.29 is 4.79 Å². The maximum absolute atomic E-state index is 12.2. The number of rotatable bonds is 4. The highest BCUT2D eigenvalue weighted by Gasteiger charge is 2.21. The van der Waals surface area contributed by atoms with Crippen molar-refractivity contribution in [3.05, 3.63) is 34.9 Å². The van der Waals surface area contributed by atoms with Crippen LogP contribution in [0.4, 0.5) is 10.7 Å². The standard InChI is InChI=1S/C12H12N4OS/c1-3-5-8(16-4-2)10(17)11-9(14)7(6-13)12(15)18-11/h3-5H,1,14-15H2,2H3/b8-5-,16-4?. The minimum atomic E-state index is -0.372. The Morgan fingerprint density at radius 1 is 1.56 bits per heavy atom. The molecule has 6 heteroatoms. The Labute approximate surface area is 109 Å². The summed E-state index contributed by atoms with van der Waals surface area (Å²) in [5.41, 5.74) is 11.8. The van der Waals surface area contributed by atoms with Crippen LogP contribution in [0.2, 0.25) is 0 Å². The summed E-state index contributed by atoms with van der Waals surface area (Å²) in [7, 11) is 0. The average molecular weight is 260 g/mol. The Hall–Kier alpha value is -2.39. The molecule has 1 aromatic rings. The molecule has 0 spiro atoms. The number of aliphatic imine (C=N–C) groups is 1. The third-order valence-corrected chi connectivity index (χ3v) is 3.10. The predicted molar refractivity (Wildman–Crippen MR) is 74.6 cm³/mol. The van der Waals surface area contributed by atoms with Gasteiger partial charge < -0.3 is 11.5 Å². The minimum Gasteiger partial charge on any atom is -0.396 e. The van der Waals surface area contributed by atoms with Crippen molar-refractivity contribution in [1.82, 2.24) is 0 Å². The molecule has 18 heavy (non-hydrogen) atoms. The molecule has 1 aromatic heterocycles. The summed E-state index contributed by atoms with van der Waals surface area (Å²) < 4.78 is 0. The van der Waals surface area contributed by atoms with Crippen molar-refractivity contribution in [1.29, 1.82) is 5.26 Å². The van der Waals surface area contributed by atoms with E-state index in [1.807, 2.05) is 6.07 Å². The first kappa shape index (κ1) is 13.7. The molecule has 0 aliphatic rings. The van der Waals surface area contributed by atoms with Crippen LogP contribution in [0.1, 0.15) is 22.2 Å². The number of carbonyl (C=O) groups is 1. The van der Waals surface area contributed by atoms with Crippen LogP contribution in [-0.2, 0) is 0 Å². The zero-order valence-corrected chi connectivity index (χ0v) is 10.6. The van der Waals surface area contributed by atoms with Crippen molar-refractivity contribution >= 4 is 34.0 Å². The lowest BCUT2D eigenvalue weighted by Gasteiger charge is -1.99. The molecule has 0 saturated heterocycles. The van der Waals surface area contributed by atoms with E-state index in [1.165, 1.54) is 18.4 Å². The molecular weight excluding hydrogens is 248 g/mol. The van der Waals surface area contributed by atoms with Crippen molar-refractivity contribution in [2.75, 3.05) is 11.5 Å². The number of nitrogens with two attached hydrogens (primary N) is 2. The largest absolute Gasteiger partial charge is 0.396 e. The number of hydrogen-bond donors (Lipinski definition) is 2. The summed E-state index contributed by atoms with van der Waals surface area (Å²) in [6, 6.07) is 1.87. The fourth-order valence-electron chi connectivity index (χ4n) is 1.29. The van der Waals surface area contributed by atoms with Crippen LogP contribution in [-0.4, -0.2) is 12.0 Å². The summed E-state index contributed by atoms with van der Waals surface area (Å²) in [4.78, 5) is 16.3. The molecule has 1 heterocycles. The quantitative estimate of drug-likeness (QED) is 0.374. The first-order chi connectivity index (χ1) is 8.56. The molecule has 1 rings (SSSR count). The Kier molecular flexibility index (Phi) is 4.40. The van der Waals surface area contributed by atoms with E-state index in [0.717, 1.165) is 11.3 Å². The van der Waals surface area contributed by atoms with E-state index in [-0.39, 0.29) is 32.6 Å². The summed E-state index contributed by atoms with van der Waals surface area (Å²) in [6.07, 6.45) is 4.42. The number of nitrogens with zero attached hydrogens (tertiary/aromatic N) is 2. The highest BCUT2D eigenvalue weighted by atomic mass is 32.1. The van der Waals surface area contributed by atoms with Gasteiger partial charge in [0.1, 0.15) is 27.2 Å². The highest BCUT2D eigenvalue weighted by Crippen LogP contribution is 2.34. The molecule has 0 saturated carbocycles. The van der Waals surface area contributed by atoms with Gasteiger partial charge in [0.15, 0.2) is 0 Å². The van der Waals surface area contributed by atoms with E-state index in [2.05, 4.69) is 11.6 Å². The molecule has 0 aromatic carbocycles. The zero-order chi connectivity index (χ0) is 13.7. The first-order valence-electron chi connectivity index (χ1n) is 5.00. The topological polar surface area (TPSA) is 105 Å². The van der Waals surface area contributed by atoms with Crippen LogP contribution in [0.25, 0.3) is 0 Å². The second kappa shape index (κ2) is 5.80. The summed E-state index contributed by atoms with van der Waals surface area (Å²) in [6.45, 7) is 5.20. The Balaban J connectivity index is 3.31. The monoisotopic (exact) mass is 260 g/mol. The normalized spacial score (nSPS) is 11.4. The van der Waals surface area contributed by atoms with E-state index in [1.54, 1.807) is 6.92 Å². The number of Topliss-reactive ketones (excluding diaryl/α,β-unsaturated/α-hetero) is 1. The Bertz CT molecular complexity index is 590. The van der Waals surface area contributed by atoms with Crippen molar-refractivity contribution in [2.45, 2.75) is 6.92 Å². The van der Waals surface area contributed by atoms with Crippen LogP contribution in [0, 0.1) is 11.3 Å². The molecule has 0 unspecified atom stereocenters. The van der Waals surface area contributed by atoms with Gasteiger partial charge in [-0.15, -0.1) is 11.3 Å². The average Bonchev–Trinajstić information content (AvgIpc) is 2.63. The van der Waals surface area contributed by atoms with Crippen LogP contribution in [0.3, 0.4) is 0 Å². The lowest BCUT2D eigenvalue weighted by Crippen LogP contribution is -2.03. The molecular formula is C12H12N4OS. The molecule has 0 amide bonds. The van der Waals surface area contributed by atoms with Gasteiger partial charge in [0.2, 0.25) is 5.78 Å². The van der Waals surface area contributed by atoms with Crippen molar-refractivity contribution in [2.24, 2.45) is 4.99 Å². The third kappa shape index (κ3) is 2.47. The number of carbonyl (C=O) groups excluding carboxylic acids is 1. The number of hydrogen-bond acceptors (Lipinski definition) is 6. The molecule has 92 valence electrons. The molecule has 0 aliphatic carbocycles. The van der Waals surface area contributed by atoms with E-state index in [0.29, 0.717) is 0 Å². The third-order valence-electron chi connectivity index (χ3n) is 2.07. The lowest BCUT2D eigenvalue weighted by molar-refractivity contribution is 0.103. The van der Waals surface area contributed by atoms with Crippen LogP contribution >= 0.6 is 11.3 Å². The van der Waals surface area contributed by atoms with Gasteiger partial charge >= 0.3 is 0 Å². The van der Waals surface area contributed by atoms with Gasteiger partial charge in [0.05, 0.1) is 5.69 Å². The summed E-state index contributed by atoms with van der Waals surface area (Å²) in [5.74, 6) is -0.372. The van der Waals surface area contributed by atoms with Crippen molar-refractivity contribution in [3.63, 3.8) is 0 Å². The Morgan fingerprint density at radius 3 is 2.67 bits per heavy atom. The second-order valence-electron chi connectivity index (χ2n) is 3.20. The summed E-state index contributed by atoms with van der Waals surface area (Å²) >= 11 is 0.985. The smallest absolute Gasteiger partial charge is 0.223 e. The SMILES string of the molecule is C=C/C=C(\N=CC)C(=O)c1sc(N)c(C#N)c1N. The Morgan fingerprint density at radius 2 is 2.22 bits per heavy atom. The van der Waals surface area contributed by atoms with Gasteiger partial charge in [0.25, 0.3) is 0 Å². The molecule has 0 aliphatic heterocycles. The maximum Gasteiger partial charge on any atom is 0.223 e. The number of anilines is 2. The number of allylic oxidation sites excluding steroid dienone is 3. The molecule has 4 N–H and O–H groups in total. The second-order valence-corrected chi connectivity index (χ2v) is 4.25. The molecule has 0 radical (unpaired) electrons. The minimum absolute atomic E-state index is 0.103. The van der Waals surface area contributed by atoms with Gasteiger partial charge in [-0.05, 0) is 13.0 Å². The zero-order valence-electron chi connectivity index (χ0n) is 9.80. The number of nitrogen functional groups attached to an aromatic ring is 2. The maximum atomic E-state index is 12.2. The van der Waals surface area contributed by atoms with Gasteiger partial charge in [-0.25, -0.2) is 0 Å². The lowest BCUT2D eigenvalue weighted by atomic mass is 10.1. The van der Waals surface area contributed by atoms with Gasteiger partial charge in [-0.1, -0.05) is 12.7 Å². The van der Waals surface area contributed by atoms with Crippen LogP contribution in [0.15, 0.2) is 29.4 Å². The number of ketones is 1. The molecule has 0 atom stereocenters. The van der Waals surface area contributed by atoms with E-state index >= 15 is 0 Å². The number of nitriles is 1. The molecule has 0 bridgehead atoms. The van der Waals surface area contributed by atoms with Crippen LogP contribution in [0.5, 0.6) is 0 Å². The van der Waals surface area contributed by atoms with Crippen molar-refractivity contribution in [3.8, 4) is 6.07 Å². The van der Waals surface area contributed by atoms with Gasteiger partial charge in [-0.2, -0.15) is 5.26 Å². The first-order valence-corrected chi connectivity index (χ1v) is 5.82. The predicted octanol–water partition coefficient (Wildman–Crippen LogP) is 2.13.